The summed E-state index contributed by atoms with van der Waals surface area (Å²) >= 11 is 0. The summed E-state index contributed by atoms with van der Waals surface area (Å²) in [7, 11) is 0. The highest BCUT2D eigenvalue weighted by Crippen LogP contribution is 2.30. The predicted octanol–water partition coefficient (Wildman–Crippen LogP) is 3.22. The van der Waals surface area contributed by atoms with Gasteiger partial charge in [0.25, 0.3) is 0 Å². The molecule has 3 aromatic rings. The van der Waals surface area contributed by atoms with Gasteiger partial charge in [-0.25, -0.2) is 0 Å². The van der Waals surface area contributed by atoms with Gasteiger partial charge in [0.1, 0.15) is 11.5 Å². The molecule has 4 nitrogen and oxygen atoms in total. The fourth-order valence-electron chi connectivity index (χ4n) is 2.30. The molecule has 4 heteroatoms. The molecule has 0 aliphatic carbocycles. The maximum atomic E-state index is 12.3. The van der Waals surface area contributed by atoms with Gasteiger partial charge in [-0.2, -0.15) is 0 Å². The topological polar surface area (TPSA) is 56.5 Å². The Hall–Kier alpha value is -2.88. The lowest BCUT2D eigenvalue weighted by Gasteiger charge is -2.09. The van der Waals surface area contributed by atoms with Crippen LogP contribution in [-0.2, 0) is 0 Å². The average molecular weight is 294 g/mol. The fraction of sp³-hybridized carbons (Fsp3) is 0.111. The number of para-hydroxylation sites is 1. The molecule has 0 N–H and O–H groups in total. The minimum Gasteiger partial charge on any atom is -0.493 e. The molecule has 1 aromatic heterocycles. The summed E-state index contributed by atoms with van der Waals surface area (Å²) in [6.45, 7) is 2.37. The summed E-state index contributed by atoms with van der Waals surface area (Å²) in [6, 6.07) is 14.8. The normalized spacial score (nSPS) is 10.6. The zero-order valence-corrected chi connectivity index (χ0v) is 12.0. The van der Waals surface area contributed by atoms with Crippen LogP contribution in [0.5, 0.6) is 5.75 Å². The number of fused-ring (bicyclic) bond motifs is 1. The maximum absolute atomic E-state index is 12.3. The molecule has 0 saturated heterocycles. The second-order valence-electron chi connectivity index (χ2n) is 4.73. The van der Waals surface area contributed by atoms with Gasteiger partial charge in [0, 0.05) is 6.07 Å². The zero-order valence-electron chi connectivity index (χ0n) is 12.0. The van der Waals surface area contributed by atoms with E-state index >= 15 is 0 Å². The SMILES string of the molecule is CCOc1ccccc1-c1cc(=O)c2ccccc(=O)c2o1. The lowest BCUT2D eigenvalue weighted by molar-refractivity contribution is 0.341. The van der Waals surface area contributed by atoms with E-state index in [9.17, 15) is 9.59 Å². The van der Waals surface area contributed by atoms with Gasteiger partial charge in [-0.3, -0.25) is 9.59 Å². The summed E-state index contributed by atoms with van der Waals surface area (Å²) in [5, 5.41) is 0.271. The quantitative estimate of drug-likeness (QED) is 0.744. The van der Waals surface area contributed by atoms with Crippen molar-refractivity contribution >= 4 is 11.0 Å². The van der Waals surface area contributed by atoms with Crippen molar-refractivity contribution in [1.29, 1.82) is 0 Å². The van der Waals surface area contributed by atoms with E-state index in [1.807, 2.05) is 19.1 Å². The van der Waals surface area contributed by atoms with E-state index in [1.165, 1.54) is 12.1 Å². The molecule has 0 aliphatic heterocycles. The van der Waals surface area contributed by atoms with Crippen LogP contribution in [-0.4, -0.2) is 6.61 Å². The lowest BCUT2D eigenvalue weighted by atomic mass is 10.1. The van der Waals surface area contributed by atoms with Crippen molar-refractivity contribution in [2.75, 3.05) is 6.61 Å². The molecule has 2 aromatic carbocycles. The van der Waals surface area contributed by atoms with Crippen LogP contribution < -0.4 is 15.6 Å². The van der Waals surface area contributed by atoms with Crippen LogP contribution in [0.15, 0.2) is 68.6 Å². The smallest absolute Gasteiger partial charge is 0.221 e. The van der Waals surface area contributed by atoms with Crippen LogP contribution >= 0.6 is 0 Å². The Morgan fingerprint density at radius 3 is 2.50 bits per heavy atom. The first-order chi connectivity index (χ1) is 10.7. The van der Waals surface area contributed by atoms with E-state index in [0.717, 1.165) is 0 Å². The molecule has 0 amide bonds. The van der Waals surface area contributed by atoms with Gasteiger partial charge in [0.05, 0.1) is 17.6 Å². The van der Waals surface area contributed by atoms with Gasteiger partial charge in [-0.05, 0) is 31.2 Å². The summed E-state index contributed by atoms with van der Waals surface area (Å²) < 4.78 is 11.3. The van der Waals surface area contributed by atoms with Crippen molar-refractivity contribution in [2.45, 2.75) is 6.92 Å². The monoisotopic (exact) mass is 294 g/mol. The second-order valence-corrected chi connectivity index (χ2v) is 4.73. The predicted molar refractivity (Wildman–Crippen MR) is 85.4 cm³/mol. The third kappa shape index (κ3) is 2.51. The first-order valence-corrected chi connectivity index (χ1v) is 7.00. The molecule has 0 bridgehead atoms. The molecule has 22 heavy (non-hydrogen) atoms. The number of hydrogen-bond acceptors (Lipinski definition) is 4. The van der Waals surface area contributed by atoms with Gasteiger partial charge in [0.15, 0.2) is 11.0 Å². The largest absolute Gasteiger partial charge is 0.493 e. The number of benzene rings is 1. The Balaban J connectivity index is 2.33. The molecule has 0 fully saturated rings. The van der Waals surface area contributed by atoms with Crippen LogP contribution in [0.4, 0.5) is 0 Å². The van der Waals surface area contributed by atoms with E-state index < -0.39 is 0 Å². The lowest BCUT2D eigenvalue weighted by Crippen LogP contribution is -2.05. The Kier molecular flexibility index (Phi) is 3.74. The van der Waals surface area contributed by atoms with Crippen LogP contribution in [0.1, 0.15) is 6.92 Å². The summed E-state index contributed by atoms with van der Waals surface area (Å²) in [5.74, 6) is 0.935. The Bertz CT molecular complexity index is 941. The molecule has 0 unspecified atom stereocenters. The standard InChI is InChI=1S/C18H14O4/c1-2-21-16-10-6-4-8-13(16)17-11-15(20)12-7-3-5-9-14(19)18(12)22-17/h3-11H,2H2,1H3. The van der Waals surface area contributed by atoms with Crippen molar-refractivity contribution < 1.29 is 9.15 Å². The van der Waals surface area contributed by atoms with E-state index in [1.54, 1.807) is 30.3 Å². The van der Waals surface area contributed by atoms with Gasteiger partial charge in [0.2, 0.25) is 5.43 Å². The van der Waals surface area contributed by atoms with Crippen LogP contribution in [0.2, 0.25) is 0 Å². The van der Waals surface area contributed by atoms with Crippen molar-refractivity contribution in [2.24, 2.45) is 0 Å². The van der Waals surface area contributed by atoms with Crippen molar-refractivity contribution in [1.82, 2.24) is 0 Å². The van der Waals surface area contributed by atoms with Gasteiger partial charge in [-0.1, -0.05) is 24.3 Å². The van der Waals surface area contributed by atoms with Gasteiger partial charge < -0.3 is 9.15 Å². The number of rotatable bonds is 3. The molecule has 1 heterocycles. The highest BCUT2D eigenvalue weighted by molar-refractivity contribution is 5.78. The van der Waals surface area contributed by atoms with E-state index in [4.69, 9.17) is 9.15 Å². The molecule has 0 atom stereocenters. The molecule has 0 radical (unpaired) electrons. The molecule has 0 spiro atoms. The van der Waals surface area contributed by atoms with Crippen LogP contribution in [0.25, 0.3) is 22.3 Å². The zero-order chi connectivity index (χ0) is 15.5. The highest BCUT2D eigenvalue weighted by atomic mass is 16.5. The highest BCUT2D eigenvalue weighted by Gasteiger charge is 2.12. The van der Waals surface area contributed by atoms with Crippen molar-refractivity contribution in [3.05, 3.63) is 75.0 Å². The molecule has 0 saturated carbocycles. The third-order valence-electron chi connectivity index (χ3n) is 3.28. The van der Waals surface area contributed by atoms with Crippen molar-refractivity contribution in [3.8, 4) is 17.1 Å². The molecular weight excluding hydrogens is 280 g/mol. The fourth-order valence-corrected chi connectivity index (χ4v) is 2.30. The Morgan fingerprint density at radius 1 is 0.955 bits per heavy atom. The molecular formula is C18H14O4. The second kappa shape index (κ2) is 5.85. The summed E-state index contributed by atoms with van der Waals surface area (Å²) in [4.78, 5) is 24.4. The molecule has 0 aliphatic rings. The third-order valence-corrected chi connectivity index (χ3v) is 3.28. The van der Waals surface area contributed by atoms with Crippen LogP contribution in [0.3, 0.4) is 0 Å². The van der Waals surface area contributed by atoms with Gasteiger partial charge >= 0.3 is 0 Å². The van der Waals surface area contributed by atoms with Gasteiger partial charge in [-0.15, -0.1) is 0 Å². The van der Waals surface area contributed by atoms with E-state index in [0.29, 0.717) is 23.7 Å². The maximum Gasteiger partial charge on any atom is 0.221 e. The van der Waals surface area contributed by atoms with E-state index in [2.05, 4.69) is 0 Å². The minimum atomic E-state index is -0.326. The minimum absolute atomic E-state index is 0.0544. The van der Waals surface area contributed by atoms with Crippen LogP contribution in [0, 0.1) is 0 Å². The summed E-state index contributed by atoms with van der Waals surface area (Å²) in [6.07, 6.45) is 0. The number of hydrogen-bond donors (Lipinski definition) is 0. The van der Waals surface area contributed by atoms with Crippen molar-refractivity contribution in [3.63, 3.8) is 0 Å². The Morgan fingerprint density at radius 2 is 1.68 bits per heavy atom. The first-order valence-electron chi connectivity index (χ1n) is 7.00. The molecule has 110 valence electrons. The average Bonchev–Trinajstić information content (AvgIpc) is 2.71. The number of ether oxygens (including phenoxy) is 1. The van der Waals surface area contributed by atoms with E-state index in [-0.39, 0.29) is 21.8 Å². The first kappa shape index (κ1) is 14.1. The molecule has 3 rings (SSSR count). The summed E-state index contributed by atoms with van der Waals surface area (Å²) in [5.41, 5.74) is 0.122. The Labute approximate surface area is 126 Å².